The van der Waals surface area contributed by atoms with Gasteiger partial charge in [0.25, 0.3) is 0 Å². The molecule has 1 aliphatic rings. The van der Waals surface area contributed by atoms with Crippen molar-refractivity contribution in [3.63, 3.8) is 0 Å². The van der Waals surface area contributed by atoms with Crippen molar-refractivity contribution in [2.45, 2.75) is 19.3 Å². The Kier molecular flexibility index (Phi) is 5.26. The molecule has 0 radical (unpaired) electrons. The Morgan fingerprint density at radius 2 is 1.83 bits per heavy atom. The number of aliphatic hydroxyl groups excluding tert-OH is 1. The van der Waals surface area contributed by atoms with Crippen molar-refractivity contribution < 1.29 is 5.11 Å². The molecule has 2 nitrogen and oxygen atoms in total. The number of hydrogen-bond donors (Lipinski definition) is 1. The molecule has 0 saturated carbocycles. The molecule has 1 N–H and O–H groups in total. The molecule has 0 bridgehead atoms. The molecule has 0 amide bonds. The molecular formula is C16H21NO. The van der Waals surface area contributed by atoms with E-state index >= 15 is 0 Å². The summed E-state index contributed by atoms with van der Waals surface area (Å²) in [4.78, 5) is 2.38. The van der Waals surface area contributed by atoms with Crippen molar-refractivity contribution in [1.29, 1.82) is 0 Å². The summed E-state index contributed by atoms with van der Waals surface area (Å²) in [7, 11) is 0. The lowest BCUT2D eigenvalue weighted by molar-refractivity contribution is 0.203. The molecule has 2 rings (SSSR count). The maximum Gasteiger partial charge on any atom is 0.104 e. The number of aliphatic hydroxyl groups is 1. The van der Waals surface area contributed by atoms with Crippen molar-refractivity contribution in [2.24, 2.45) is 5.92 Å². The Morgan fingerprint density at radius 1 is 1.11 bits per heavy atom. The standard InChI is InChI=1S/C16H21NO/c18-13-5-4-10-17-11-8-16(9-12-17)14-15-6-2-1-3-7-15/h1-3,6-7,16,18H,8-14H2. The van der Waals surface area contributed by atoms with Gasteiger partial charge in [-0.15, -0.1) is 0 Å². The predicted octanol–water partition coefficient (Wildman–Crippen LogP) is 1.94. The molecule has 1 aromatic rings. The van der Waals surface area contributed by atoms with Crippen LogP contribution < -0.4 is 0 Å². The number of likely N-dealkylation sites (tertiary alicyclic amines) is 1. The Hall–Kier alpha value is -1.30. The molecular weight excluding hydrogens is 222 g/mol. The van der Waals surface area contributed by atoms with Gasteiger partial charge in [0.2, 0.25) is 0 Å². The predicted molar refractivity (Wildman–Crippen MR) is 74.2 cm³/mol. The highest BCUT2D eigenvalue weighted by molar-refractivity contribution is 5.15. The zero-order valence-electron chi connectivity index (χ0n) is 10.8. The van der Waals surface area contributed by atoms with E-state index < -0.39 is 0 Å². The summed E-state index contributed by atoms with van der Waals surface area (Å²) in [5.74, 6) is 6.52. The second kappa shape index (κ2) is 7.20. The van der Waals surface area contributed by atoms with E-state index in [4.69, 9.17) is 5.11 Å². The van der Waals surface area contributed by atoms with Crippen molar-refractivity contribution >= 4 is 0 Å². The average Bonchev–Trinajstić information content (AvgIpc) is 2.42. The smallest absolute Gasteiger partial charge is 0.104 e. The summed E-state index contributed by atoms with van der Waals surface area (Å²) >= 11 is 0. The molecule has 18 heavy (non-hydrogen) atoms. The van der Waals surface area contributed by atoms with E-state index in [1.807, 2.05) is 0 Å². The van der Waals surface area contributed by atoms with Gasteiger partial charge in [0.1, 0.15) is 6.61 Å². The second-order valence-corrected chi connectivity index (χ2v) is 4.92. The summed E-state index contributed by atoms with van der Waals surface area (Å²) in [5, 5.41) is 8.61. The zero-order chi connectivity index (χ0) is 12.6. The number of rotatable bonds is 3. The van der Waals surface area contributed by atoms with E-state index in [1.165, 1.54) is 24.8 Å². The molecule has 0 aliphatic carbocycles. The lowest BCUT2D eigenvalue weighted by Crippen LogP contribution is -2.34. The van der Waals surface area contributed by atoms with Crippen molar-refractivity contribution in [3.8, 4) is 11.8 Å². The highest BCUT2D eigenvalue weighted by Crippen LogP contribution is 2.21. The van der Waals surface area contributed by atoms with E-state index in [2.05, 4.69) is 47.1 Å². The van der Waals surface area contributed by atoms with Gasteiger partial charge in [-0.05, 0) is 43.8 Å². The van der Waals surface area contributed by atoms with Gasteiger partial charge in [-0.2, -0.15) is 0 Å². The van der Waals surface area contributed by atoms with Crippen LogP contribution in [0.25, 0.3) is 0 Å². The quantitative estimate of drug-likeness (QED) is 0.820. The fourth-order valence-corrected chi connectivity index (χ4v) is 2.52. The van der Waals surface area contributed by atoms with Crippen molar-refractivity contribution in [3.05, 3.63) is 35.9 Å². The average molecular weight is 243 g/mol. The minimum atomic E-state index is -0.0233. The molecule has 1 aliphatic heterocycles. The van der Waals surface area contributed by atoms with Gasteiger partial charge in [-0.25, -0.2) is 0 Å². The van der Waals surface area contributed by atoms with E-state index in [1.54, 1.807) is 0 Å². The third kappa shape index (κ3) is 4.18. The van der Waals surface area contributed by atoms with E-state index in [-0.39, 0.29) is 6.61 Å². The minimum Gasteiger partial charge on any atom is -0.384 e. The normalized spacial score (nSPS) is 17.2. The molecule has 0 atom stereocenters. The summed E-state index contributed by atoms with van der Waals surface area (Å²) < 4.78 is 0. The first-order chi connectivity index (χ1) is 8.88. The first-order valence-corrected chi connectivity index (χ1v) is 6.71. The van der Waals surface area contributed by atoms with Crippen LogP contribution in [0, 0.1) is 17.8 Å². The van der Waals surface area contributed by atoms with Crippen molar-refractivity contribution in [1.82, 2.24) is 4.90 Å². The van der Waals surface area contributed by atoms with Gasteiger partial charge in [0.05, 0.1) is 6.54 Å². The van der Waals surface area contributed by atoms with Gasteiger partial charge in [-0.1, -0.05) is 42.2 Å². The Bertz CT molecular complexity index is 396. The van der Waals surface area contributed by atoms with Crippen LogP contribution in [0.3, 0.4) is 0 Å². The monoisotopic (exact) mass is 243 g/mol. The first kappa shape index (κ1) is 13.1. The molecule has 0 aromatic heterocycles. The molecule has 96 valence electrons. The summed E-state index contributed by atoms with van der Waals surface area (Å²) in [6.45, 7) is 3.05. The fourth-order valence-electron chi connectivity index (χ4n) is 2.52. The Morgan fingerprint density at radius 3 is 2.50 bits per heavy atom. The maximum absolute atomic E-state index is 8.61. The Labute approximate surface area is 110 Å². The van der Waals surface area contributed by atoms with Crippen LogP contribution in [0.4, 0.5) is 0 Å². The molecule has 1 fully saturated rings. The zero-order valence-corrected chi connectivity index (χ0v) is 10.8. The van der Waals surface area contributed by atoms with Crippen LogP contribution in [0.15, 0.2) is 30.3 Å². The maximum atomic E-state index is 8.61. The highest BCUT2D eigenvalue weighted by atomic mass is 16.2. The largest absolute Gasteiger partial charge is 0.384 e. The summed E-state index contributed by atoms with van der Waals surface area (Å²) in [6.07, 6.45) is 3.72. The molecule has 2 heteroatoms. The SMILES string of the molecule is OCC#CCN1CCC(Cc2ccccc2)CC1. The topological polar surface area (TPSA) is 23.5 Å². The number of benzene rings is 1. The highest BCUT2D eigenvalue weighted by Gasteiger charge is 2.18. The Balaban J connectivity index is 1.73. The van der Waals surface area contributed by atoms with E-state index in [0.717, 1.165) is 25.6 Å². The molecule has 1 aromatic carbocycles. The van der Waals surface area contributed by atoms with Crippen molar-refractivity contribution in [2.75, 3.05) is 26.2 Å². The van der Waals surface area contributed by atoms with Gasteiger partial charge >= 0.3 is 0 Å². The van der Waals surface area contributed by atoms with Gasteiger partial charge in [-0.3, -0.25) is 4.90 Å². The van der Waals surface area contributed by atoms with Crippen LogP contribution >= 0.6 is 0 Å². The number of piperidine rings is 1. The molecule has 0 unspecified atom stereocenters. The number of hydrogen-bond acceptors (Lipinski definition) is 2. The third-order valence-electron chi connectivity index (χ3n) is 3.58. The third-order valence-corrected chi connectivity index (χ3v) is 3.58. The fraction of sp³-hybridized carbons (Fsp3) is 0.500. The molecule has 1 saturated heterocycles. The van der Waals surface area contributed by atoms with E-state index in [9.17, 15) is 0 Å². The summed E-state index contributed by atoms with van der Waals surface area (Å²) in [6, 6.07) is 10.8. The van der Waals surface area contributed by atoms with Crippen LogP contribution in [0.1, 0.15) is 18.4 Å². The van der Waals surface area contributed by atoms with Crippen LogP contribution in [-0.2, 0) is 6.42 Å². The van der Waals surface area contributed by atoms with E-state index in [0.29, 0.717) is 0 Å². The lowest BCUT2D eigenvalue weighted by atomic mass is 9.90. The molecule has 1 heterocycles. The number of nitrogens with zero attached hydrogens (tertiary/aromatic N) is 1. The summed E-state index contributed by atoms with van der Waals surface area (Å²) in [5.41, 5.74) is 1.45. The minimum absolute atomic E-state index is 0.0233. The van der Waals surface area contributed by atoms with Gasteiger partial charge in [0.15, 0.2) is 0 Å². The van der Waals surface area contributed by atoms with Crippen LogP contribution in [-0.4, -0.2) is 36.2 Å². The molecule has 0 spiro atoms. The van der Waals surface area contributed by atoms with Crippen LogP contribution in [0.5, 0.6) is 0 Å². The van der Waals surface area contributed by atoms with Crippen LogP contribution in [0.2, 0.25) is 0 Å². The lowest BCUT2D eigenvalue weighted by Gasteiger charge is -2.30. The second-order valence-electron chi connectivity index (χ2n) is 4.92. The van der Waals surface area contributed by atoms with Gasteiger partial charge in [0, 0.05) is 0 Å². The first-order valence-electron chi connectivity index (χ1n) is 6.71. The van der Waals surface area contributed by atoms with Gasteiger partial charge < -0.3 is 5.11 Å².